The first-order chi connectivity index (χ1) is 16.2. The third kappa shape index (κ3) is 9.49. The van der Waals surface area contributed by atoms with E-state index in [4.69, 9.17) is 0 Å². The van der Waals surface area contributed by atoms with Gasteiger partial charge in [0.2, 0.25) is 11.8 Å². The Balaban J connectivity index is 1.23. The van der Waals surface area contributed by atoms with Crippen LogP contribution in [0.5, 0.6) is 0 Å². The molecule has 0 saturated carbocycles. The van der Waals surface area contributed by atoms with Crippen molar-refractivity contribution in [3.8, 4) is 11.1 Å². The van der Waals surface area contributed by atoms with Crippen LogP contribution in [0, 0.1) is 0 Å². The van der Waals surface area contributed by atoms with E-state index >= 15 is 0 Å². The molecule has 0 spiro atoms. The van der Waals surface area contributed by atoms with Gasteiger partial charge in [0.05, 0.1) is 5.75 Å². The first-order valence-corrected chi connectivity index (χ1v) is 12.6. The maximum Gasteiger partial charge on any atom is 0.229 e. The fraction of sp³-hybridized carbons (Fsp3) is 0.296. The number of amides is 2. The Bertz CT molecular complexity index is 997. The van der Waals surface area contributed by atoms with Crippen molar-refractivity contribution in [1.29, 1.82) is 0 Å². The number of carbonyl (C=O) groups excluding carboxylic acids is 2. The molecule has 0 fully saturated rings. The van der Waals surface area contributed by atoms with E-state index in [0.717, 1.165) is 53.9 Å². The molecule has 0 unspecified atom stereocenters. The number of pyridine rings is 1. The van der Waals surface area contributed by atoms with Gasteiger partial charge in [-0.05, 0) is 60.4 Å². The molecular weight excluding hydrogens is 430 g/mol. The van der Waals surface area contributed by atoms with Crippen LogP contribution >= 0.6 is 11.8 Å². The highest BCUT2D eigenvalue weighted by atomic mass is 32.2. The lowest BCUT2D eigenvalue weighted by Crippen LogP contribution is -2.26. The largest absolute Gasteiger partial charge is 0.355 e. The number of carbonyl (C=O) groups is 2. The molecule has 0 aliphatic rings. The van der Waals surface area contributed by atoms with Crippen LogP contribution in [0.25, 0.3) is 11.1 Å². The summed E-state index contributed by atoms with van der Waals surface area (Å²) in [6.07, 6.45) is 5.73. The summed E-state index contributed by atoms with van der Waals surface area (Å²) >= 11 is 1.62. The van der Waals surface area contributed by atoms with Crippen molar-refractivity contribution in [2.75, 3.05) is 23.4 Å². The topological polar surface area (TPSA) is 71.1 Å². The van der Waals surface area contributed by atoms with Crippen LogP contribution in [-0.4, -0.2) is 34.8 Å². The minimum absolute atomic E-state index is 0.0218. The number of aromatic nitrogens is 1. The first kappa shape index (κ1) is 24.5. The summed E-state index contributed by atoms with van der Waals surface area (Å²) in [6, 6.07) is 23.9. The Kier molecular flexibility index (Phi) is 10.5. The van der Waals surface area contributed by atoms with Crippen molar-refractivity contribution in [1.82, 2.24) is 10.3 Å². The van der Waals surface area contributed by atoms with Gasteiger partial charge in [0.15, 0.2) is 0 Å². The molecule has 1 heterocycles. The summed E-state index contributed by atoms with van der Waals surface area (Å²) in [5.74, 6) is 1.44. The maximum atomic E-state index is 12.3. The van der Waals surface area contributed by atoms with Crippen molar-refractivity contribution in [2.45, 2.75) is 32.1 Å². The van der Waals surface area contributed by atoms with E-state index in [1.165, 1.54) is 0 Å². The zero-order valence-corrected chi connectivity index (χ0v) is 19.7. The molecule has 0 radical (unpaired) electrons. The van der Waals surface area contributed by atoms with E-state index in [0.29, 0.717) is 18.7 Å². The van der Waals surface area contributed by atoms with Gasteiger partial charge in [0.25, 0.3) is 0 Å². The van der Waals surface area contributed by atoms with Crippen molar-refractivity contribution in [3.05, 3.63) is 84.7 Å². The summed E-state index contributed by atoms with van der Waals surface area (Å²) in [7, 11) is 0. The Hall–Kier alpha value is -3.12. The molecule has 2 amide bonds. The number of benzene rings is 2. The lowest BCUT2D eigenvalue weighted by Gasteiger charge is -2.08. The van der Waals surface area contributed by atoms with Crippen molar-refractivity contribution < 1.29 is 9.59 Å². The zero-order chi connectivity index (χ0) is 23.1. The van der Waals surface area contributed by atoms with E-state index < -0.39 is 0 Å². The molecule has 33 heavy (non-hydrogen) atoms. The Morgan fingerprint density at radius 1 is 0.818 bits per heavy atom. The highest BCUT2D eigenvalue weighted by Crippen LogP contribution is 2.22. The van der Waals surface area contributed by atoms with E-state index in [-0.39, 0.29) is 11.8 Å². The van der Waals surface area contributed by atoms with Crippen molar-refractivity contribution in [3.63, 3.8) is 0 Å². The maximum absolute atomic E-state index is 12.3. The van der Waals surface area contributed by atoms with E-state index in [1.54, 1.807) is 18.0 Å². The smallest absolute Gasteiger partial charge is 0.229 e. The first-order valence-electron chi connectivity index (χ1n) is 11.4. The highest BCUT2D eigenvalue weighted by Gasteiger charge is 2.05. The minimum Gasteiger partial charge on any atom is -0.355 e. The summed E-state index contributed by atoms with van der Waals surface area (Å²) in [5, 5.41) is 5.94. The molecule has 3 rings (SSSR count). The average molecular weight is 462 g/mol. The standard InChI is InChI=1S/C27H31N3O2S/c31-26(30-25-14-9-12-23(20-25)22-10-3-1-4-11-22)15-5-2-7-18-29-27(32)21-33-19-16-24-13-6-8-17-28-24/h1,3-4,6,8-14,17,20H,2,5,7,15-16,18-19,21H2,(H,29,32)(H,30,31). The number of hydrogen-bond acceptors (Lipinski definition) is 4. The molecule has 0 aliphatic carbocycles. The molecule has 0 atom stereocenters. The lowest BCUT2D eigenvalue weighted by molar-refractivity contribution is -0.118. The Morgan fingerprint density at radius 2 is 1.64 bits per heavy atom. The van der Waals surface area contributed by atoms with Gasteiger partial charge in [0, 0.05) is 30.5 Å². The summed E-state index contributed by atoms with van der Waals surface area (Å²) in [4.78, 5) is 28.5. The number of aryl methyl sites for hydroxylation is 1. The second-order valence-corrected chi connectivity index (χ2v) is 8.88. The van der Waals surface area contributed by atoms with Gasteiger partial charge in [-0.2, -0.15) is 11.8 Å². The monoisotopic (exact) mass is 461 g/mol. The van der Waals surface area contributed by atoms with Gasteiger partial charge in [0.1, 0.15) is 0 Å². The fourth-order valence-corrected chi connectivity index (χ4v) is 4.17. The van der Waals surface area contributed by atoms with Crippen LogP contribution in [0.3, 0.4) is 0 Å². The van der Waals surface area contributed by atoms with Crippen molar-refractivity contribution >= 4 is 29.3 Å². The number of hydrogen-bond donors (Lipinski definition) is 2. The van der Waals surface area contributed by atoms with Crippen LogP contribution in [0.2, 0.25) is 0 Å². The van der Waals surface area contributed by atoms with Crippen LogP contribution in [-0.2, 0) is 16.0 Å². The van der Waals surface area contributed by atoms with Crippen molar-refractivity contribution in [2.24, 2.45) is 0 Å². The van der Waals surface area contributed by atoms with Gasteiger partial charge < -0.3 is 10.6 Å². The Labute approximate surface area is 200 Å². The second kappa shape index (κ2) is 14.1. The number of thioether (sulfide) groups is 1. The molecule has 5 nitrogen and oxygen atoms in total. The number of nitrogens with zero attached hydrogens (tertiary/aromatic N) is 1. The summed E-state index contributed by atoms with van der Waals surface area (Å²) in [6.45, 7) is 0.653. The average Bonchev–Trinajstić information content (AvgIpc) is 2.85. The number of rotatable bonds is 13. The fourth-order valence-electron chi connectivity index (χ4n) is 3.38. The molecular formula is C27H31N3O2S. The Morgan fingerprint density at radius 3 is 2.45 bits per heavy atom. The SMILES string of the molecule is O=C(CSCCc1ccccn1)NCCCCCC(=O)Nc1cccc(-c2ccccc2)c1. The predicted octanol–water partition coefficient (Wildman–Crippen LogP) is 5.34. The zero-order valence-electron chi connectivity index (χ0n) is 18.8. The number of nitrogens with one attached hydrogen (secondary N) is 2. The van der Waals surface area contributed by atoms with E-state index in [9.17, 15) is 9.59 Å². The predicted molar refractivity (Wildman–Crippen MR) is 137 cm³/mol. The van der Waals surface area contributed by atoms with Gasteiger partial charge in [-0.25, -0.2) is 0 Å². The van der Waals surface area contributed by atoms with E-state index in [1.807, 2.05) is 60.7 Å². The molecule has 2 aromatic carbocycles. The van der Waals surface area contributed by atoms with Gasteiger partial charge >= 0.3 is 0 Å². The molecule has 6 heteroatoms. The van der Waals surface area contributed by atoms with Crippen LogP contribution < -0.4 is 10.6 Å². The molecule has 1 aromatic heterocycles. The number of unbranched alkanes of at least 4 members (excludes halogenated alkanes) is 2. The summed E-state index contributed by atoms with van der Waals surface area (Å²) < 4.78 is 0. The van der Waals surface area contributed by atoms with E-state index in [2.05, 4.69) is 27.8 Å². The molecule has 172 valence electrons. The molecule has 0 aliphatic heterocycles. The molecule has 2 N–H and O–H groups in total. The molecule has 0 bridgehead atoms. The minimum atomic E-state index is 0.0218. The van der Waals surface area contributed by atoms with Crippen LogP contribution in [0.4, 0.5) is 5.69 Å². The van der Waals surface area contributed by atoms with Gasteiger partial charge in [-0.15, -0.1) is 0 Å². The van der Waals surface area contributed by atoms with Gasteiger partial charge in [-0.3, -0.25) is 14.6 Å². The lowest BCUT2D eigenvalue weighted by atomic mass is 10.1. The molecule has 3 aromatic rings. The molecule has 0 saturated heterocycles. The summed E-state index contributed by atoms with van der Waals surface area (Å²) in [5.41, 5.74) is 4.08. The quantitative estimate of drug-likeness (QED) is 0.337. The number of anilines is 1. The third-order valence-electron chi connectivity index (χ3n) is 5.12. The highest BCUT2D eigenvalue weighted by molar-refractivity contribution is 7.99. The van der Waals surface area contributed by atoms with Crippen LogP contribution in [0.15, 0.2) is 79.0 Å². The third-order valence-corrected chi connectivity index (χ3v) is 6.08. The van der Waals surface area contributed by atoms with Crippen LogP contribution in [0.1, 0.15) is 31.4 Å². The van der Waals surface area contributed by atoms with Gasteiger partial charge in [-0.1, -0.05) is 55.0 Å². The second-order valence-electron chi connectivity index (χ2n) is 7.78. The normalized spacial score (nSPS) is 10.5.